The summed E-state index contributed by atoms with van der Waals surface area (Å²) in [4.78, 5) is 27.3. The first-order valence-corrected chi connectivity index (χ1v) is 12.3. The Morgan fingerprint density at radius 2 is 1.62 bits per heavy atom. The van der Waals surface area contributed by atoms with Crippen LogP contribution in [0.25, 0.3) is 16.8 Å². The van der Waals surface area contributed by atoms with E-state index in [1.165, 1.54) is 12.8 Å². The molecule has 1 aliphatic carbocycles. The number of amides is 1. The minimum atomic E-state index is -0.175. The SMILES string of the molecule is Cc1ccc(Cn2c(C(=O)NC3CCCCCC3)cn3c(-c4ccccc4)ccc3c2=O)cc1. The summed E-state index contributed by atoms with van der Waals surface area (Å²) in [7, 11) is 0. The minimum absolute atomic E-state index is 0.156. The number of hydrogen-bond acceptors (Lipinski definition) is 2. The van der Waals surface area contributed by atoms with Gasteiger partial charge in [-0.3, -0.25) is 14.2 Å². The second-order valence-corrected chi connectivity index (χ2v) is 9.39. The molecular formula is C29H31N3O2. The molecule has 4 aromatic rings. The number of carbonyl (C=O) groups excluding carboxylic acids is 1. The van der Waals surface area contributed by atoms with Gasteiger partial charge < -0.3 is 9.72 Å². The zero-order valence-electron chi connectivity index (χ0n) is 19.7. The molecule has 5 nitrogen and oxygen atoms in total. The number of carbonyl (C=O) groups is 1. The third kappa shape index (κ3) is 4.56. The average molecular weight is 454 g/mol. The van der Waals surface area contributed by atoms with Crippen LogP contribution in [0.5, 0.6) is 0 Å². The van der Waals surface area contributed by atoms with Crippen LogP contribution in [0.1, 0.15) is 60.1 Å². The van der Waals surface area contributed by atoms with E-state index in [9.17, 15) is 9.59 Å². The van der Waals surface area contributed by atoms with E-state index in [0.29, 0.717) is 17.8 Å². The first-order chi connectivity index (χ1) is 16.6. The van der Waals surface area contributed by atoms with Gasteiger partial charge in [-0.1, -0.05) is 85.8 Å². The molecule has 0 spiro atoms. The van der Waals surface area contributed by atoms with E-state index >= 15 is 0 Å². The number of nitrogens with one attached hydrogen (secondary N) is 1. The van der Waals surface area contributed by atoms with Gasteiger partial charge in [0.15, 0.2) is 0 Å². The van der Waals surface area contributed by atoms with Crippen molar-refractivity contribution >= 4 is 11.4 Å². The van der Waals surface area contributed by atoms with Gasteiger partial charge in [0.2, 0.25) is 0 Å². The van der Waals surface area contributed by atoms with Crippen molar-refractivity contribution in [1.29, 1.82) is 0 Å². The lowest BCUT2D eigenvalue weighted by molar-refractivity contribution is 0.0922. The van der Waals surface area contributed by atoms with Crippen molar-refractivity contribution in [3.05, 3.63) is 100 Å². The first kappa shape index (κ1) is 22.2. The van der Waals surface area contributed by atoms with Crippen molar-refractivity contribution in [2.45, 2.75) is 58.0 Å². The summed E-state index contributed by atoms with van der Waals surface area (Å²) in [6.45, 7) is 2.40. The lowest BCUT2D eigenvalue weighted by Crippen LogP contribution is -2.39. The van der Waals surface area contributed by atoms with Gasteiger partial charge in [-0.05, 0) is 43.0 Å². The third-order valence-electron chi connectivity index (χ3n) is 6.88. The Bertz CT molecular complexity index is 1340. The summed E-state index contributed by atoms with van der Waals surface area (Å²) in [5.41, 5.74) is 4.88. The first-order valence-electron chi connectivity index (χ1n) is 12.3. The Morgan fingerprint density at radius 1 is 0.912 bits per heavy atom. The van der Waals surface area contributed by atoms with Gasteiger partial charge in [-0.2, -0.15) is 0 Å². The van der Waals surface area contributed by atoms with Crippen LogP contribution in [-0.2, 0) is 6.54 Å². The molecule has 2 aromatic heterocycles. The topological polar surface area (TPSA) is 55.5 Å². The fourth-order valence-electron chi connectivity index (χ4n) is 4.94. The Morgan fingerprint density at radius 3 is 2.32 bits per heavy atom. The molecule has 0 radical (unpaired) electrons. The number of rotatable bonds is 5. The molecule has 174 valence electrons. The standard InChI is InChI=1S/C29H31N3O2/c1-21-13-15-22(16-14-21)19-32-27(28(33)30-24-11-7-2-3-8-12-24)20-31-25(17-18-26(31)29(32)34)23-9-5-4-6-10-23/h4-6,9-10,13-18,20,24H,2-3,7-8,11-12,19H2,1H3,(H,30,33). The predicted octanol–water partition coefficient (Wildman–Crippen LogP) is 5.58. The van der Waals surface area contributed by atoms with Crippen LogP contribution in [0.2, 0.25) is 0 Å². The maximum absolute atomic E-state index is 13.7. The van der Waals surface area contributed by atoms with Crippen molar-refractivity contribution in [3.8, 4) is 11.3 Å². The number of nitrogens with zero attached hydrogens (tertiary/aromatic N) is 2. The van der Waals surface area contributed by atoms with Gasteiger partial charge in [0.05, 0.1) is 12.2 Å². The fourth-order valence-corrected chi connectivity index (χ4v) is 4.94. The number of fused-ring (bicyclic) bond motifs is 1. The number of benzene rings is 2. The summed E-state index contributed by atoms with van der Waals surface area (Å²) < 4.78 is 3.49. The van der Waals surface area contributed by atoms with Crippen LogP contribution in [0.4, 0.5) is 0 Å². The molecule has 0 aliphatic heterocycles. The molecule has 34 heavy (non-hydrogen) atoms. The highest BCUT2D eigenvalue weighted by Gasteiger charge is 2.21. The van der Waals surface area contributed by atoms with Crippen LogP contribution in [0.15, 0.2) is 77.7 Å². The van der Waals surface area contributed by atoms with Crippen molar-refractivity contribution in [2.75, 3.05) is 0 Å². The Balaban J connectivity index is 1.60. The van der Waals surface area contributed by atoms with Crippen LogP contribution < -0.4 is 10.9 Å². The fraction of sp³-hybridized carbons (Fsp3) is 0.310. The van der Waals surface area contributed by atoms with Gasteiger partial charge in [0.1, 0.15) is 11.2 Å². The highest BCUT2D eigenvalue weighted by atomic mass is 16.2. The summed E-state index contributed by atoms with van der Waals surface area (Å²) in [5.74, 6) is -0.175. The van der Waals surface area contributed by atoms with Crippen molar-refractivity contribution in [1.82, 2.24) is 14.3 Å². The molecule has 2 heterocycles. The molecule has 0 saturated heterocycles. The largest absolute Gasteiger partial charge is 0.348 e. The lowest BCUT2D eigenvalue weighted by atomic mass is 10.1. The molecule has 0 atom stereocenters. The molecule has 1 amide bonds. The molecule has 5 rings (SSSR count). The van der Waals surface area contributed by atoms with E-state index < -0.39 is 0 Å². The van der Waals surface area contributed by atoms with Gasteiger partial charge in [-0.25, -0.2) is 0 Å². The lowest BCUT2D eigenvalue weighted by Gasteiger charge is -2.19. The van der Waals surface area contributed by atoms with Crippen LogP contribution in [-0.4, -0.2) is 20.9 Å². The molecule has 5 heteroatoms. The number of hydrogen-bond donors (Lipinski definition) is 1. The maximum Gasteiger partial charge on any atom is 0.275 e. The number of aromatic nitrogens is 2. The Kier molecular flexibility index (Phi) is 6.35. The highest BCUT2D eigenvalue weighted by Crippen LogP contribution is 2.23. The smallest absolute Gasteiger partial charge is 0.275 e. The van der Waals surface area contributed by atoms with Crippen molar-refractivity contribution < 1.29 is 4.79 Å². The molecule has 0 unspecified atom stereocenters. The number of aryl methyl sites for hydroxylation is 1. The maximum atomic E-state index is 13.7. The van der Waals surface area contributed by atoms with Crippen molar-refractivity contribution in [3.63, 3.8) is 0 Å². The average Bonchev–Trinajstić information content (AvgIpc) is 3.12. The summed E-state index contributed by atoms with van der Waals surface area (Å²) in [6, 6.07) is 22.0. The molecule has 1 N–H and O–H groups in total. The molecule has 1 saturated carbocycles. The predicted molar refractivity (Wildman–Crippen MR) is 136 cm³/mol. The zero-order valence-corrected chi connectivity index (χ0v) is 19.7. The van der Waals surface area contributed by atoms with Crippen LogP contribution in [0.3, 0.4) is 0 Å². The van der Waals surface area contributed by atoms with E-state index in [-0.39, 0.29) is 17.5 Å². The Hall–Kier alpha value is -3.60. The van der Waals surface area contributed by atoms with Crippen LogP contribution in [0, 0.1) is 6.92 Å². The van der Waals surface area contributed by atoms with Crippen molar-refractivity contribution in [2.24, 2.45) is 0 Å². The van der Waals surface area contributed by atoms with E-state index in [1.807, 2.05) is 84.3 Å². The minimum Gasteiger partial charge on any atom is -0.348 e. The van der Waals surface area contributed by atoms with Crippen LogP contribution >= 0.6 is 0 Å². The summed E-state index contributed by atoms with van der Waals surface area (Å²) >= 11 is 0. The normalized spacial score (nSPS) is 14.7. The van der Waals surface area contributed by atoms with Gasteiger partial charge in [-0.15, -0.1) is 0 Å². The summed E-state index contributed by atoms with van der Waals surface area (Å²) in [5, 5.41) is 3.24. The van der Waals surface area contributed by atoms with Gasteiger partial charge in [0.25, 0.3) is 11.5 Å². The van der Waals surface area contributed by atoms with E-state index in [1.54, 1.807) is 4.57 Å². The van der Waals surface area contributed by atoms with E-state index in [0.717, 1.165) is 48.1 Å². The summed E-state index contributed by atoms with van der Waals surface area (Å²) in [6.07, 6.45) is 8.54. The Labute approximate surface area is 200 Å². The highest BCUT2D eigenvalue weighted by molar-refractivity contribution is 5.93. The zero-order chi connectivity index (χ0) is 23.5. The molecule has 1 fully saturated rings. The molecular weight excluding hydrogens is 422 g/mol. The molecule has 1 aliphatic rings. The monoisotopic (exact) mass is 453 g/mol. The molecule has 0 bridgehead atoms. The molecule has 2 aromatic carbocycles. The van der Waals surface area contributed by atoms with E-state index in [4.69, 9.17) is 0 Å². The van der Waals surface area contributed by atoms with E-state index in [2.05, 4.69) is 5.32 Å². The quantitative estimate of drug-likeness (QED) is 0.401. The second-order valence-electron chi connectivity index (χ2n) is 9.39. The second kappa shape index (κ2) is 9.72. The van der Waals surface area contributed by atoms with Gasteiger partial charge in [0, 0.05) is 12.2 Å². The van der Waals surface area contributed by atoms with Gasteiger partial charge >= 0.3 is 0 Å². The third-order valence-corrected chi connectivity index (χ3v) is 6.88.